The lowest BCUT2D eigenvalue weighted by molar-refractivity contribution is 0.141. The van der Waals surface area contributed by atoms with E-state index in [-0.39, 0.29) is 11.6 Å². The van der Waals surface area contributed by atoms with E-state index in [1.54, 1.807) is 5.57 Å². The predicted molar refractivity (Wildman–Crippen MR) is 132 cm³/mol. The summed E-state index contributed by atoms with van der Waals surface area (Å²) in [6.07, 6.45) is 12.3. The van der Waals surface area contributed by atoms with E-state index in [4.69, 9.17) is 0 Å². The van der Waals surface area contributed by atoms with Crippen LogP contribution in [0.15, 0.2) is 48.1 Å². The zero-order valence-corrected chi connectivity index (χ0v) is 20.4. The van der Waals surface area contributed by atoms with Crippen LogP contribution < -0.4 is 5.32 Å². The van der Waals surface area contributed by atoms with Crippen LogP contribution >= 0.6 is 0 Å². The summed E-state index contributed by atoms with van der Waals surface area (Å²) in [6.45, 7) is 12.1. The van der Waals surface area contributed by atoms with E-state index in [0.717, 1.165) is 51.7 Å². The first kappa shape index (κ1) is 24.2. The highest BCUT2D eigenvalue weighted by Gasteiger charge is 2.43. The molecule has 0 amide bonds. The van der Waals surface area contributed by atoms with Crippen molar-refractivity contribution < 1.29 is 5.11 Å². The fourth-order valence-corrected chi connectivity index (χ4v) is 5.12. The van der Waals surface area contributed by atoms with E-state index in [1.807, 2.05) is 0 Å². The summed E-state index contributed by atoms with van der Waals surface area (Å²) in [6, 6.07) is 8.78. The molecule has 1 fully saturated rings. The van der Waals surface area contributed by atoms with Crippen molar-refractivity contribution in [3.05, 3.63) is 59.2 Å². The van der Waals surface area contributed by atoms with Crippen LogP contribution in [0.2, 0.25) is 0 Å². The Bertz CT molecular complexity index is 761. The van der Waals surface area contributed by atoms with Crippen molar-refractivity contribution in [2.45, 2.75) is 71.4 Å². The van der Waals surface area contributed by atoms with Crippen molar-refractivity contribution in [3.8, 4) is 0 Å². The number of aliphatic hydroxyl groups excluding tert-OH is 1. The Morgan fingerprint density at radius 2 is 2.00 bits per heavy atom. The molecule has 1 aromatic carbocycles. The molecule has 2 aliphatic rings. The maximum absolute atomic E-state index is 10.6. The molecule has 0 unspecified atom stereocenters. The average molecular weight is 425 g/mol. The first-order valence-electron chi connectivity index (χ1n) is 12.3. The van der Waals surface area contributed by atoms with Gasteiger partial charge in [-0.15, -0.1) is 0 Å². The molecule has 0 aliphatic heterocycles. The first-order chi connectivity index (χ1) is 14.7. The number of rotatable bonds is 10. The average Bonchev–Trinajstić information content (AvgIpc) is 3.21. The molecule has 2 aliphatic carbocycles. The van der Waals surface area contributed by atoms with Gasteiger partial charge >= 0.3 is 0 Å². The SMILES string of the molecule is Cc1cccc(CCC=C[C@@H]2[C@H]3CC(CCNCCN(C)C(C)(C)C)=C[C@H]3C[C@H]2O)c1. The van der Waals surface area contributed by atoms with E-state index in [9.17, 15) is 5.11 Å². The largest absolute Gasteiger partial charge is 0.392 e. The quantitative estimate of drug-likeness (QED) is 0.403. The summed E-state index contributed by atoms with van der Waals surface area (Å²) in [4.78, 5) is 2.40. The normalized spacial score (nSPS) is 26.1. The van der Waals surface area contributed by atoms with Gasteiger partial charge in [-0.3, -0.25) is 0 Å². The number of hydrogen-bond donors (Lipinski definition) is 2. The number of benzene rings is 1. The molecule has 1 saturated carbocycles. The minimum Gasteiger partial charge on any atom is -0.392 e. The van der Waals surface area contributed by atoms with Gasteiger partial charge in [-0.25, -0.2) is 0 Å². The first-order valence-corrected chi connectivity index (χ1v) is 12.3. The highest BCUT2D eigenvalue weighted by molar-refractivity contribution is 5.23. The Morgan fingerprint density at radius 3 is 2.74 bits per heavy atom. The Hall–Kier alpha value is -1.42. The number of nitrogens with one attached hydrogen (secondary N) is 1. The van der Waals surface area contributed by atoms with E-state index < -0.39 is 0 Å². The van der Waals surface area contributed by atoms with Crippen LogP contribution in [0, 0.1) is 24.7 Å². The predicted octanol–water partition coefficient (Wildman–Crippen LogP) is 5.14. The lowest BCUT2D eigenvalue weighted by Crippen LogP contribution is -2.42. The van der Waals surface area contributed by atoms with Crippen molar-refractivity contribution in [2.24, 2.45) is 17.8 Å². The van der Waals surface area contributed by atoms with Gasteiger partial charge in [0.15, 0.2) is 0 Å². The fourth-order valence-electron chi connectivity index (χ4n) is 5.12. The zero-order chi connectivity index (χ0) is 22.4. The van der Waals surface area contributed by atoms with Crippen LogP contribution in [-0.4, -0.2) is 48.3 Å². The summed E-state index contributed by atoms with van der Waals surface area (Å²) in [5.41, 5.74) is 4.56. The summed E-state index contributed by atoms with van der Waals surface area (Å²) < 4.78 is 0. The molecule has 0 spiro atoms. The van der Waals surface area contributed by atoms with Gasteiger partial charge in [0.05, 0.1) is 6.10 Å². The Kier molecular flexibility index (Phi) is 8.55. The molecule has 0 saturated heterocycles. The Morgan fingerprint density at radius 1 is 1.19 bits per heavy atom. The molecule has 2 N–H and O–H groups in total. The molecule has 3 rings (SSSR count). The van der Waals surface area contributed by atoms with Crippen LogP contribution in [-0.2, 0) is 6.42 Å². The second kappa shape index (κ2) is 10.9. The van der Waals surface area contributed by atoms with Crippen molar-refractivity contribution in [3.63, 3.8) is 0 Å². The Balaban J connectivity index is 1.38. The third-order valence-electron chi connectivity index (χ3n) is 7.38. The topological polar surface area (TPSA) is 35.5 Å². The number of aliphatic hydroxyl groups is 1. The van der Waals surface area contributed by atoms with Crippen LogP contribution in [0.5, 0.6) is 0 Å². The second-order valence-corrected chi connectivity index (χ2v) is 10.8. The summed E-state index contributed by atoms with van der Waals surface area (Å²) in [5.74, 6) is 1.50. The number of likely N-dealkylation sites (N-methyl/N-ethyl adjacent to an activating group) is 1. The zero-order valence-electron chi connectivity index (χ0n) is 20.4. The standard InChI is InChI=1S/C28H44N2O/c1-21-9-8-11-22(17-21)10-6-7-12-25-26-19-23(18-24(26)20-27(25)31)13-14-29-15-16-30(5)28(2,3)4/h7-9,11-12,17-18,24-27,29,31H,6,10,13-16,19-20H2,1-5H3/t24-,25+,26-,27+/m0/s1. The van der Waals surface area contributed by atoms with Crippen molar-refractivity contribution in [1.29, 1.82) is 0 Å². The van der Waals surface area contributed by atoms with Crippen LogP contribution in [0.4, 0.5) is 0 Å². The fraction of sp³-hybridized carbons (Fsp3) is 0.643. The van der Waals surface area contributed by atoms with Gasteiger partial charge in [-0.2, -0.15) is 0 Å². The van der Waals surface area contributed by atoms with Gasteiger partial charge in [-0.1, -0.05) is 53.6 Å². The number of allylic oxidation sites excluding steroid dienone is 2. The van der Waals surface area contributed by atoms with Gasteiger partial charge in [-0.05, 0) is 90.8 Å². The van der Waals surface area contributed by atoms with Crippen molar-refractivity contribution in [1.82, 2.24) is 10.2 Å². The molecule has 31 heavy (non-hydrogen) atoms. The number of aryl methyl sites for hydroxylation is 2. The van der Waals surface area contributed by atoms with E-state index in [0.29, 0.717) is 17.8 Å². The van der Waals surface area contributed by atoms with Crippen molar-refractivity contribution >= 4 is 0 Å². The maximum atomic E-state index is 10.6. The third-order valence-corrected chi connectivity index (χ3v) is 7.38. The van der Waals surface area contributed by atoms with Gasteiger partial charge < -0.3 is 15.3 Å². The van der Waals surface area contributed by atoms with Gasteiger partial charge in [0, 0.05) is 24.5 Å². The smallest absolute Gasteiger partial charge is 0.0611 e. The number of nitrogens with zero attached hydrogens (tertiary/aromatic N) is 1. The molecule has 0 aromatic heterocycles. The molecule has 0 heterocycles. The van der Waals surface area contributed by atoms with Crippen LogP contribution in [0.25, 0.3) is 0 Å². The van der Waals surface area contributed by atoms with E-state index >= 15 is 0 Å². The lowest BCUT2D eigenvalue weighted by Gasteiger charge is -2.31. The lowest BCUT2D eigenvalue weighted by atomic mass is 9.89. The summed E-state index contributed by atoms with van der Waals surface area (Å²) in [7, 11) is 2.20. The minimum absolute atomic E-state index is 0.172. The van der Waals surface area contributed by atoms with Crippen LogP contribution in [0.3, 0.4) is 0 Å². The molecule has 3 heteroatoms. The van der Waals surface area contributed by atoms with Gasteiger partial charge in [0.1, 0.15) is 0 Å². The molecule has 3 nitrogen and oxygen atoms in total. The van der Waals surface area contributed by atoms with Crippen LogP contribution in [0.1, 0.15) is 57.6 Å². The molecule has 0 radical (unpaired) electrons. The Labute approximate surface area is 190 Å². The summed E-state index contributed by atoms with van der Waals surface area (Å²) >= 11 is 0. The molecule has 0 bridgehead atoms. The van der Waals surface area contributed by atoms with Gasteiger partial charge in [0.25, 0.3) is 0 Å². The highest BCUT2D eigenvalue weighted by atomic mass is 16.3. The van der Waals surface area contributed by atoms with E-state index in [1.165, 1.54) is 11.1 Å². The number of fused-ring (bicyclic) bond motifs is 1. The molecular weight excluding hydrogens is 380 g/mol. The molecule has 4 atom stereocenters. The van der Waals surface area contributed by atoms with E-state index in [2.05, 4.69) is 87.5 Å². The molecule has 172 valence electrons. The summed E-state index contributed by atoms with van der Waals surface area (Å²) in [5, 5.41) is 14.2. The van der Waals surface area contributed by atoms with Gasteiger partial charge in [0.2, 0.25) is 0 Å². The monoisotopic (exact) mass is 424 g/mol. The minimum atomic E-state index is -0.172. The molecular formula is C28H44N2O. The van der Waals surface area contributed by atoms with Crippen molar-refractivity contribution in [2.75, 3.05) is 26.7 Å². The second-order valence-electron chi connectivity index (χ2n) is 10.8. The number of hydrogen-bond acceptors (Lipinski definition) is 3. The highest BCUT2D eigenvalue weighted by Crippen LogP contribution is 2.47. The molecule has 1 aromatic rings. The maximum Gasteiger partial charge on any atom is 0.0611 e. The third kappa shape index (κ3) is 7.03.